The van der Waals surface area contributed by atoms with E-state index in [-0.39, 0.29) is 5.82 Å². The summed E-state index contributed by atoms with van der Waals surface area (Å²) in [5, 5.41) is 3.65. The Morgan fingerprint density at radius 1 is 1.38 bits per heavy atom. The summed E-state index contributed by atoms with van der Waals surface area (Å²) in [6, 6.07) is 5.11. The second kappa shape index (κ2) is 6.37. The van der Waals surface area contributed by atoms with Gasteiger partial charge < -0.3 is 5.32 Å². The van der Waals surface area contributed by atoms with Crippen molar-refractivity contribution in [3.8, 4) is 0 Å². The minimum Gasteiger partial charge on any atom is -0.316 e. The van der Waals surface area contributed by atoms with Gasteiger partial charge in [-0.3, -0.25) is 0 Å². The number of hydrogen-bond donors (Lipinski definition) is 1. The van der Waals surface area contributed by atoms with E-state index in [0.29, 0.717) is 5.41 Å². The smallest absolute Gasteiger partial charge is 0.123 e. The van der Waals surface area contributed by atoms with E-state index in [2.05, 4.69) is 28.2 Å². The van der Waals surface area contributed by atoms with Crippen LogP contribution in [0.3, 0.4) is 0 Å². The number of hydrogen-bond acceptors (Lipinski definition) is 1. The van der Waals surface area contributed by atoms with Crippen molar-refractivity contribution in [2.24, 2.45) is 17.3 Å². The molecule has 3 rings (SSSR count). The van der Waals surface area contributed by atoms with Crippen molar-refractivity contribution in [1.82, 2.24) is 5.32 Å². The first-order valence-electron chi connectivity index (χ1n) is 8.27. The molecule has 1 nitrogen and oxygen atoms in total. The van der Waals surface area contributed by atoms with E-state index in [1.54, 1.807) is 6.07 Å². The van der Waals surface area contributed by atoms with E-state index in [1.165, 1.54) is 38.2 Å². The molecule has 2 saturated carbocycles. The first kappa shape index (κ1) is 15.5. The molecule has 2 bridgehead atoms. The van der Waals surface area contributed by atoms with Gasteiger partial charge >= 0.3 is 0 Å². The minimum atomic E-state index is -0.118. The normalized spacial score (nSPS) is 31.0. The SMILES string of the molecule is CCCNCC1(Cc2cc(F)ccc2Br)CC2CCC1C2. The lowest BCUT2D eigenvalue weighted by atomic mass is 9.69. The molecule has 1 aromatic rings. The summed E-state index contributed by atoms with van der Waals surface area (Å²) >= 11 is 3.61. The van der Waals surface area contributed by atoms with Crippen LogP contribution in [0.2, 0.25) is 0 Å². The maximum atomic E-state index is 13.6. The molecule has 1 aromatic carbocycles. The first-order chi connectivity index (χ1) is 10.1. The molecule has 21 heavy (non-hydrogen) atoms. The van der Waals surface area contributed by atoms with Gasteiger partial charge in [-0.1, -0.05) is 29.3 Å². The number of benzene rings is 1. The highest BCUT2D eigenvalue weighted by molar-refractivity contribution is 9.10. The molecule has 116 valence electrons. The third kappa shape index (κ3) is 3.19. The first-order valence-corrected chi connectivity index (χ1v) is 9.07. The van der Waals surface area contributed by atoms with Crippen LogP contribution in [0.15, 0.2) is 22.7 Å². The Morgan fingerprint density at radius 3 is 2.90 bits per heavy atom. The molecule has 0 amide bonds. The van der Waals surface area contributed by atoms with Crippen LogP contribution in [-0.4, -0.2) is 13.1 Å². The topological polar surface area (TPSA) is 12.0 Å². The van der Waals surface area contributed by atoms with E-state index in [9.17, 15) is 4.39 Å². The molecule has 0 radical (unpaired) electrons. The molecule has 3 heteroatoms. The van der Waals surface area contributed by atoms with Crippen LogP contribution in [0.1, 0.15) is 44.6 Å². The van der Waals surface area contributed by atoms with Crippen LogP contribution < -0.4 is 5.32 Å². The zero-order chi connectivity index (χ0) is 14.9. The molecule has 0 saturated heterocycles. The molecule has 0 aliphatic heterocycles. The van der Waals surface area contributed by atoms with Gasteiger partial charge in [0.15, 0.2) is 0 Å². The fourth-order valence-corrected chi connectivity index (χ4v) is 5.01. The Kier molecular flexibility index (Phi) is 4.70. The Bertz CT molecular complexity index is 504. The second-order valence-corrected chi connectivity index (χ2v) is 7.89. The molecule has 0 spiro atoms. The summed E-state index contributed by atoms with van der Waals surface area (Å²) in [6.45, 7) is 4.39. The largest absolute Gasteiger partial charge is 0.316 e. The summed E-state index contributed by atoms with van der Waals surface area (Å²) in [5.41, 5.74) is 1.48. The van der Waals surface area contributed by atoms with Crippen LogP contribution in [0.5, 0.6) is 0 Å². The molecule has 2 fully saturated rings. The van der Waals surface area contributed by atoms with Crippen LogP contribution in [0, 0.1) is 23.1 Å². The van der Waals surface area contributed by atoms with Crippen LogP contribution >= 0.6 is 15.9 Å². The molecule has 0 aromatic heterocycles. The van der Waals surface area contributed by atoms with Gasteiger partial charge in [-0.25, -0.2) is 4.39 Å². The zero-order valence-electron chi connectivity index (χ0n) is 12.8. The summed E-state index contributed by atoms with van der Waals surface area (Å²) in [6.07, 6.45) is 7.66. The van der Waals surface area contributed by atoms with Crippen molar-refractivity contribution in [1.29, 1.82) is 0 Å². The lowest BCUT2D eigenvalue weighted by Gasteiger charge is -2.38. The van der Waals surface area contributed by atoms with Crippen LogP contribution in [-0.2, 0) is 6.42 Å². The van der Waals surface area contributed by atoms with Gasteiger partial charge in [-0.15, -0.1) is 0 Å². The van der Waals surface area contributed by atoms with Gasteiger partial charge in [0.1, 0.15) is 5.82 Å². The van der Waals surface area contributed by atoms with Crippen molar-refractivity contribution < 1.29 is 4.39 Å². The van der Waals surface area contributed by atoms with Crippen LogP contribution in [0.4, 0.5) is 4.39 Å². The molecule has 3 atom stereocenters. The van der Waals surface area contributed by atoms with E-state index in [4.69, 9.17) is 0 Å². The highest BCUT2D eigenvalue weighted by Gasteiger charge is 2.50. The Hall–Kier alpha value is -0.410. The van der Waals surface area contributed by atoms with Crippen molar-refractivity contribution in [3.05, 3.63) is 34.1 Å². The summed E-state index contributed by atoms with van der Waals surface area (Å²) in [4.78, 5) is 0. The predicted molar refractivity (Wildman–Crippen MR) is 88.8 cm³/mol. The monoisotopic (exact) mass is 353 g/mol. The third-order valence-electron chi connectivity index (χ3n) is 5.56. The average molecular weight is 354 g/mol. The molecular weight excluding hydrogens is 329 g/mol. The van der Waals surface area contributed by atoms with E-state index < -0.39 is 0 Å². The molecule has 3 unspecified atom stereocenters. The highest BCUT2D eigenvalue weighted by atomic mass is 79.9. The maximum Gasteiger partial charge on any atom is 0.123 e. The summed E-state index contributed by atoms with van der Waals surface area (Å²) < 4.78 is 14.7. The molecule has 0 heterocycles. The average Bonchev–Trinajstić information content (AvgIpc) is 3.04. The summed E-state index contributed by atoms with van der Waals surface area (Å²) in [7, 11) is 0. The van der Waals surface area contributed by atoms with Crippen molar-refractivity contribution >= 4 is 15.9 Å². The predicted octanol–water partition coefficient (Wildman–Crippen LogP) is 4.94. The maximum absolute atomic E-state index is 13.6. The number of rotatable bonds is 6. The second-order valence-electron chi connectivity index (χ2n) is 7.03. The zero-order valence-corrected chi connectivity index (χ0v) is 14.4. The molecule has 2 aliphatic carbocycles. The van der Waals surface area contributed by atoms with Gasteiger partial charge in [-0.2, -0.15) is 0 Å². The van der Waals surface area contributed by atoms with Crippen LogP contribution in [0.25, 0.3) is 0 Å². The fraction of sp³-hybridized carbons (Fsp3) is 0.667. The van der Waals surface area contributed by atoms with Gasteiger partial charge in [0.25, 0.3) is 0 Å². The molecule has 2 aliphatic rings. The van der Waals surface area contributed by atoms with Gasteiger partial charge in [-0.05, 0) is 79.7 Å². The fourth-order valence-electron chi connectivity index (χ4n) is 4.63. The van der Waals surface area contributed by atoms with Crippen molar-refractivity contribution in [3.63, 3.8) is 0 Å². The highest BCUT2D eigenvalue weighted by Crippen LogP contribution is 2.57. The number of nitrogens with one attached hydrogen (secondary N) is 1. The Balaban J connectivity index is 1.81. The lowest BCUT2D eigenvalue weighted by molar-refractivity contribution is 0.156. The standard InChI is InChI=1S/C18H25BrFN/c1-2-7-21-12-18(10-13-3-4-15(18)8-13)11-14-9-16(20)5-6-17(14)19/h5-6,9,13,15,21H,2-4,7-8,10-12H2,1H3. The minimum absolute atomic E-state index is 0.118. The Morgan fingerprint density at radius 2 is 2.24 bits per heavy atom. The van der Waals surface area contributed by atoms with Crippen molar-refractivity contribution in [2.45, 2.75) is 45.4 Å². The van der Waals surface area contributed by atoms with Gasteiger partial charge in [0.05, 0.1) is 0 Å². The quantitative estimate of drug-likeness (QED) is 0.714. The lowest BCUT2D eigenvalue weighted by Crippen LogP contribution is -2.40. The Labute approximate surface area is 135 Å². The van der Waals surface area contributed by atoms with Crippen molar-refractivity contribution in [2.75, 3.05) is 13.1 Å². The van der Waals surface area contributed by atoms with E-state index in [1.807, 2.05) is 6.07 Å². The molecular formula is C18H25BrFN. The molecule has 1 N–H and O–H groups in total. The number of fused-ring (bicyclic) bond motifs is 2. The third-order valence-corrected chi connectivity index (χ3v) is 6.33. The van der Waals surface area contributed by atoms with Gasteiger partial charge in [0, 0.05) is 11.0 Å². The number of halogens is 2. The van der Waals surface area contributed by atoms with E-state index in [0.717, 1.165) is 41.4 Å². The van der Waals surface area contributed by atoms with E-state index >= 15 is 0 Å². The summed E-state index contributed by atoms with van der Waals surface area (Å²) in [5.74, 6) is 1.61. The van der Waals surface area contributed by atoms with Gasteiger partial charge in [0.2, 0.25) is 0 Å².